The lowest BCUT2D eigenvalue weighted by Crippen LogP contribution is -2.55. The number of carbonyl (C=O) groups is 2. The van der Waals surface area contributed by atoms with Gasteiger partial charge in [0.2, 0.25) is 0 Å². The summed E-state index contributed by atoms with van der Waals surface area (Å²) in [6.07, 6.45) is 2.97. The van der Waals surface area contributed by atoms with Crippen molar-refractivity contribution >= 4 is 11.9 Å². The van der Waals surface area contributed by atoms with E-state index >= 15 is 0 Å². The maximum Gasteiger partial charge on any atom is 0.325 e. The van der Waals surface area contributed by atoms with Crippen LogP contribution in [0.25, 0.3) is 0 Å². The first-order chi connectivity index (χ1) is 13.4. The Morgan fingerprint density at radius 3 is 2.43 bits per heavy atom. The van der Waals surface area contributed by atoms with Crippen molar-refractivity contribution in [2.75, 3.05) is 32.8 Å². The van der Waals surface area contributed by atoms with E-state index in [0.717, 1.165) is 38.2 Å². The average molecular weight is 388 g/mol. The summed E-state index contributed by atoms with van der Waals surface area (Å²) in [6.45, 7) is 10.3. The number of urea groups is 1. The van der Waals surface area contributed by atoms with E-state index in [1.807, 2.05) is 31.2 Å². The zero-order chi connectivity index (χ0) is 20.1. The normalized spacial score (nSPS) is 19.5. The summed E-state index contributed by atoms with van der Waals surface area (Å²) in [6, 6.07) is 7.73. The molecule has 0 radical (unpaired) electrons. The third-order valence-corrected chi connectivity index (χ3v) is 5.64. The van der Waals surface area contributed by atoms with Crippen LogP contribution in [-0.2, 0) is 4.79 Å². The van der Waals surface area contributed by atoms with Crippen molar-refractivity contribution in [3.8, 4) is 5.75 Å². The maximum absolute atomic E-state index is 12.9. The molecular weight excluding hydrogens is 354 g/mol. The number of benzene rings is 1. The molecule has 0 saturated carbocycles. The van der Waals surface area contributed by atoms with Crippen molar-refractivity contribution in [1.29, 1.82) is 0 Å². The fourth-order valence-electron chi connectivity index (χ4n) is 4.05. The molecule has 3 amide bonds. The second-order valence-electron chi connectivity index (χ2n) is 8.53. The molecule has 1 N–H and O–H groups in total. The molecule has 0 unspecified atom stereocenters. The minimum Gasteiger partial charge on any atom is -0.494 e. The Bertz CT molecular complexity index is 679. The number of nitrogens with one attached hydrogen (secondary N) is 1. The molecule has 0 bridgehead atoms. The molecule has 2 aliphatic rings. The molecule has 2 heterocycles. The lowest BCUT2D eigenvalue weighted by atomic mass is 9.87. The number of imide groups is 1. The molecule has 28 heavy (non-hydrogen) atoms. The summed E-state index contributed by atoms with van der Waals surface area (Å²) in [5.74, 6) is 1.43. The first-order valence-corrected chi connectivity index (χ1v) is 10.5. The second kappa shape index (κ2) is 8.95. The summed E-state index contributed by atoms with van der Waals surface area (Å²) < 4.78 is 5.72. The molecule has 6 nitrogen and oxygen atoms in total. The molecule has 1 aromatic rings. The minimum atomic E-state index is -0.678. The highest BCUT2D eigenvalue weighted by Crippen LogP contribution is 2.30. The van der Waals surface area contributed by atoms with Gasteiger partial charge in [-0.15, -0.1) is 0 Å². The quantitative estimate of drug-likeness (QED) is 0.550. The number of hydrogen-bond donors (Lipinski definition) is 1. The van der Waals surface area contributed by atoms with E-state index < -0.39 is 5.54 Å². The van der Waals surface area contributed by atoms with Gasteiger partial charge in [-0.2, -0.15) is 0 Å². The number of likely N-dealkylation sites (tertiary alicyclic amines) is 1. The third-order valence-electron chi connectivity index (χ3n) is 5.64. The van der Waals surface area contributed by atoms with Gasteiger partial charge in [0.05, 0.1) is 6.61 Å². The van der Waals surface area contributed by atoms with Gasteiger partial charge in [0, 0.05) is 26.2 Å². The fourth-order valence-corrected chi connectivity index (χ4v) is 4.05. The van der Waals surface area contributed by atoms with Crippen molar-refractivity contribution < 1.29 is 14.3 Å². The molecule has 0 atom stereocenters. The number of aryl methyl sites for hydroxylation is 1. The standard InChI is InChI=1S/C22H33N3O3/c1-17(2)16-24-13-10-22(11-14-24)20(26)25(21(27)23-22)12-4-5-15-28-19-8-6-18(3)7-9-19/h6-9,17H,4-5,10-16H2,1-3H3,(H,23,27). The van der Waals surface area contributed by atoms with Gasteiger partial charge in [0.15, 0.2) is 0 Å². The number of unbranched alkanes of at least 4 members (excludes halogenated alkanes) is 1. The van der Waals surface area contributed by atoms with Crippen LogP contribution in [-0.4, -0.2) is 60.1 Å². The highest BCUT2D eigenvalue weighted by atomic mass is 16.5. The van der Waals surface area contributed by atoms with Crippen LogP contribution in [0.15, 0.2) is 24.3 Å². The van der Waals surface area contributed by atoms with E-state index in [2.05, 4.69) is 24.1 Å². The predicted molar refractivity (Wildman–Crippen MR) is 109 cm³/mol. The monoisotopic (exact) mass is 387 g/mol. The Kier molecular flexibility index (Phi) is 6.60. The highest BCUT2D eigenvalue weighted by Gasteiger charge is 2.51. The van der Waals surface area contributed by atoms with E-state index in [0.29, 0.717) is 31.9 Å². The SMILES string of the molecule is Cc1ccc(OCCCCN2C(=O)NC3(CCN(CC(C)C)CC3)C2=O)cc1. The maximum atomic E-state index is 12.9. The Balaban J connectivity index is 1.42. The smallest absolute Gasteiger partial charge is 0.325 e. The van der Waals surface area contributed by atoms with Gasteiger partial charge in [0.25, 0.3) is 5.91 Å². The number of amides is 3. The van der Waals surface area contributed by atoms with Gasteiger partial charge in [-0.3, -0.25) is 9.69 Å². The molecule has 154 valence electrons. The van der Waals surface area contributed by atoms with Crippen LogP contribution in [0.3, 0.4) is 0 Å². The van der Waals surface area contributed by atoms with Crippen LogP contribution >= 0.6 is 0 Å². The Morgan fingerprint density at radius 2 is 1.79 bits per heavy atom. The molecule has 2 aliphatic heterocycles. The van der Waals surface area contributed by atoms with E-state index in [-0.39, 0.29) is 11.9 Å². The molecule has 3 rings (SSSR count). The van der Waals surface area contributed by atoms with Crippen LogP contribution in [0, 0.1) is 12.8 Å². The highest BCUT2D eigenvalue weighted by molar-refractivity contribution is 6.07. The third kappa shape index (κ3) is 4.85. The number of hydrogen-bond acceptors (Lipinski definition) is 4. The van der Waals surface area contributed by atoms with Gasteiger partial charge >= 0.3 is 6.03 Å². The summed E-state index contributed by atoms with van der Waals surface area (Å²) >= 11 is 0. The van der Waals surface area contributed by atoms with Crippen molar-refractivity contribution in [3.63, 3.8) is 0 Å². The lowest BCUT2D eigenvalue weighted by molar-refractivity contribution is -0.133. The van der Waals surface area contributed by atoms with E-state index in [9.17, 15) is 9.59 Å². The number of rotatable bonds is 8. The average Bonchev–Trinajstić information content (AvgIpc) is 2.88. The van der Waals surface area contributed by atoms with E-state index in [4.69, 9.17) is 4.74 Å². The molecule has 2 fully saturated rings. The predicted octanol–water partition coefficient (Wildman–Crippen LogP) is 3.20. The minimum absolute atomic E-state index is 0.0406. The molecule has 2 saturated heterocycles. The first-order valence-electron chi connectivity index (χ1n) is 10.5. The summed E-state index contributed by atoms with van der Waals surface area (Å²) in [4.78, 5) is 29.1. The van der Waals surface area contributed by atoms with Crippen molar-refractivity contribution in [2.24, 2.45) is 5.92 Å². The Morgan fingerprint density at radius 1 is 1.11 bits per heavy atom. The largest absolute Gasteiger partial charge is 0.494 e. The van der Waals surface area contributed by atoms with Crippen LogP contribution in [0.4, 0.5) is 4.79 Å². The first kappa shape index (κ1) is 20.6. The lowest BCUT2D eigenvalue weighted by Gasteiger charge is -2.38. The fraction of sp³-hybridized carbons (Fsp3) is 0.636. The molecule has 1 aromatic carbocycles. The van der Waals surface area contributed by atoms with Crippen LogP contribution < -0.4 is 10.1 Å². The van der Waals surface area contributed by atoms with Gasteiger partial charge in [-0.1, -0.05) is 31.5 Å². The molecule has 6 heteroatoms. The molecule has 0 aliphatic carbocycles. The van der Waals surface area contributed by atoms with Crippen molar-refractivity contribution in [2.45, 2.75) is 52.0 Å². The number of piperidine rings is 1. The van der Waals surface area contributed by atoms with Crippen LogP contribution in [0.1, 0.15) is 45.1 Å². The van der Waals surface area contributed by atoms with Gasteiger partial charge in [0.1, 0.15) is 11.3 Å². The molecule has 1 spiro atoms. The van der Waals surface area contributed by atoms with Crippen molar-refractivity contribution in [3.05, 3.63) is 29.8 Å². The van der Waals surface area contributed by atoms with Gasteiger partial charge in [-0.25, -0.2) is 4.79 Å². The van der Waals surface area contributed by atoms with E-state index in [1.54, 1.807) is 0 Å². The van der Waals surface area contributed by atoms with E-state index in [1.165, 1.54) is 10.5 Å². The number of ether oxygens (including phenoxy) is 1. The van der Waals surface area contributed by atoms with Crippen LogP contribution in [0.5, 0.6) is 5.75 Å². The molecule has 0 aromatic heterocycles. The van der Waals surface area contributed by atoms with Gasteiger partial charge in [-0.05, 0) is 50.7 Å². The zero-order valence-corrected chi connectivity index (χ0v) is 17.4. The zero-order valence-electron chi connectivity index (χ0n) is 17.4. The molecular formula is C22H33N3O3. The number of nitrogens with zero attached hydrogens (tertiary/aromatic N) is 2. The Labute approximate surface area is 168 Å². The number of carbonyl (C=O) groups excluding carboxylic acids is 2. The van der Waals surface area contributed by atoms with Crippen molar-refractivity contribution in [1.82, 2.24) is 15.1 Å². The summed E-state index contributed by atoms with van der Waals surface area (Å²) in [7, 11) is 0. The summed E-state index contributed by atoms with van der Waals surface area (Å²) in [5, 5.41) is 2.99. The second-order valence-corrected chi connectivity index (χ2v) is 8.53. The Hall–Kier alpha value is -2.08. The van der Waals surface area contributed by atoms with Gasteiger partial charge < -0.3 is 15.0 Å². The summed E-state index contributed by atoms with van der Waals surface area (Å²) in [5.41, 5.74) is 0.526. The van der Waals surface area contributed by atoms with Crippen LogP contribution in [0.2, 0.25) is 0 Å². The topological polar surface area (TPSA) is 61.9 Å².